The molecule has 0 radical (unpaired) electrons. The second-order valence-corrected chi connectivity index (χ2v) is 8.69. The second-order valence-electron chi connectivity index (χ2n) is 7.71. The van der Waals surface area contributed by atoms with Crippen molar-refractivity contribution in [3.63, 3.8) is 0 Å². The molecule has 3 heterocycles. The molecule has 3 aromatic rings. The van der Waals surface area contributed by atoms with E-state index in [-0.39, 0.29) is 27.9 Å². The van der Waals surface area contributed by atoms with Gasteiger partial charge in [-0.3, -0.25) is 19.5 Å². The Labute approximate surface area is 211 Å². The number of esters is 1. The van der Waals surface area contributed by atoms with Crippen LogP contribution in [0.3, 0.4) is 0 Å². The van der Waals surface area contributed by atoms with Crippen molar-refractivity contribution >= 4 is 39.9 Å². The van der Waals surface area contributed by atoms with Gasteiger partial charge in [0.25, 0.3) is 5.78 Å². The van der Waals surface area contributed by atoms with Crippen LogP contribution in [0.25, 0.3) is 5.76 Å². The quantitative estimate of drug-likeness (QED) is 0.159. The first-order chi connectivity index (χ1) is 17.4. The van der Waals surface area contributed by atoms with Gasteiger partial charge in [0.2, 0.25) is 0 Å². The van der Waals surface area contributed by atoms with Crippen LogP contribution in [-0.4, -0.2) is 45.9 Å². The molecule has 0 aliphatic carbocycles. The van der Waals surface area contributed by atoms with E-state index in [1.807, 2.05) is 6.92 Å². The molecule has 36 heavy (non-hydrogen) atoms. The van der Waals surface area contributed by atoms with Crippen LogP contribution >= 0.6 is 11.3 Å². The van der Waals surface area contributed by atoms with Crippen molar-refractivity contribution in [2.45, 2.75) is 19.9 Å². The maximum atomic E-state index is 13.3. The lowest BCUT2D eigenvalue weighted by Crippen LogP contribution is -2.29. The first-order valence-electron chi connectivity index (χ1n) is 11.1. The Kier molecular flexibility index (Phi) is 7.25. The van der Waals surface area contributed by atoms with Crippen molar-refractivity contribution in [3.8, 4) is 5.75 Å². The Bertz CT molecular complexity index is 1370. The Morgan fingerprint density at radius 3 is 2.78 bits per heavy atom. The lowest BCUT2D eigenvalue weighted by molar-refractivity contribution is -0.132. The summed E-state index contributed by atoms with van der Waals surface area (Å²) in [5, 5.41) is 11.4. The summed E-state index contributed by atoms with van der Waals surface area (Å²) in [6.45, 7) is 7.41. The number of rotatable bonds is 8. The molecule has 184 valence electrons. The normalized spacial score (nSPS) is 16.7. The molecule has 1 fully saturated rings. The van der Waals surface area contributed by atoms with Crippen molar-refractivity contribution in [3.05, 3.63) is 88.7 Å². The minimum Gasteiger partial charge on any atom is -0.507 e. The standard InChI is InChI=1S/C26H23N3O6S/c1-4-12-35-25(33)23-15(3)28-26(36-23)29-20(17-9-7-11-27-14-17)19(22(31)24(29)32)21(30)16-8-6-10-18(13-16)34-5-2/h4,6-11,13-14,20,30H,1,5,12H2,2-3H3/b21-19+. The number of aromatic nitrogens is 2. The highest BCUT2D eigenvalue weighted by molar-refractivity contribution is 7.17. The lowest BCUT2D eigenvalue weighted by Gasteiger charge is -2.22. The van der Waals surface area contributed by atoms with Gasteiger partial charge in [-0.15, -0.1) is 0 Å². The number of aliphatic hydroxyl groups is 1. The number of nitrogens with zero attached hydrogens (tertiary/aromatic N) is 3. The number of amides is 1. The monoisotopic (exact) mass is 505 g/mol. The van der Waals surface area contributed by atoms with Crippen molar-refractivity contribution in [1.29, 1.82) is 0 Å². The molecule has 0 saturated carbocycles. The molecule has 1 aliphatic heterocycles. The van der Waals surface area contributed by atoms with Crippen molar-refractivity contribution in [2.24, 2.45) is 0 Å². The van der Waals surface area contributed by atoms with E-state index in [1.54, 1.807) is 49.5 Å². The molecular formula is C26H23N3O6S. The Balaban J connectivity index is 1.86. The Morgan fingerprint density at radius 2 is 2.08 bits per heavy atom. The summed E-state index contributed by atoms with van der Waals surface area (Å²) in [7, 11) is 0. The highest BCUT2D eigenvalue weighted by Crippen LogP contribution is 2.43. The number of carbonyl (C=O) groups is 3. The van der Waals surface area contributed by atoms with Gasteiger partial charge in [0.15, 0.2) is 5.13 Å². The average molecular weight is 506 g/mol. The summed E-state index contributed by atoms with van der Waals surface area (Å²) in [5.74, 6) is -2.23. The minimum atomic E-state index is -1.02. The van der Waals surface area contributed by atoms with Crippen LogP contribution in [0.15, 0.2) is 67.0 Å². The maximum absolute atomic E-state index is 13.3. The predicted octanol–water partition coefficient (Wildman–Crippen LogP) is 4.21. The number of Topliss-reactive ketones (excluding diaryl/α,β-unsaturated/α-hetero) is 1. The zero-order chi connectivity index (χ0) is 25.8. The van der Waals surface area contributed by atoms with E-state index < -0.39 is 23.7 Å². The molecule has 2 aromatic heterocycles. The van der Waals surface area contributed by atoms with Gasteiger partial charge in [-0.05, 0) is 37.6 Å². The number of carbonyl (C=O) groups excluding carboxylic acids is 3. The third kappa shape index (κ3) is 4.63. The van der Waals surface area contributed by atoms with Gasteiger partial charge in [-0.25, -0.2) is 9.78 Å². The van der Waals surface area contributed by atoms with Gasteiger partial charge in [0.05, 0.1) is 23.9 Å². The van der Waals surface area contributed by atoms with Gasteiger partial charge in [-0.2, -0.15) is 0 Å². The smallest absolute Gasteiger partial charge is 0.350 e. The summed E-state index contributed by atoms with van der Waals surface area (Å²) in [6.07, 6.45) is 4.51. The zero-order valence-electron chi connectivity index (χ0n) is 19.6. The molecule has 1 amide bonds. The number of ether oxygens (including phenoxy) is 2. The molecule has 9 nitrogen and oxygen atoms in total. The first kappa shape index (κ1) is 24.8. The van der Waals surface area contributed by atoms with Crippen LogP contribution in [0.1, 0.15) is 39.5 Å². The number of pyridine rings is 1. The van der Waals surface area contributed by atoms with Crippen molar-refractivity contribution in [2.75, 3.05) is 18.1 Å². The second kappa shape index (κ2) is 10.5. The van der Waals surface area contributed by atoms with Crippen LogP contribution in [-0.2, 0) is 14.3 Å². The molecular weight excluding hydrogens is 482 g/mol. The Morgan fingerprint density at radius 1 is 1.28 bits per heavy atom. The number of aryl methyl sites for hydroxylation is 1. The SMILES string of the molecule is C=CCOC(=O)c1sc(N2C(=O)C(=O)/C(=C(/O)c3cccc(OCC)c3)C2c2cccnc2)nc1C. The summed E-state index contributed by atoms with van der Waals surface area (Å²) in [5.41, 5.74) is 1.03. The molecule has 10 heteroatoms. The average Bonchev–Trinajstić information content (AvgIpc) is 3.39. The molecule has 1 unspecified atom stereocenters. The predicted molar refractivity (Wildman–Crippen MR) is 134 cm³/mol. The van der Waals surface area contributed by atoms with Crippen LogP contribution in [0.5, 0.6) is 5.75 Å². The highest BCUT2D eigenvalue weighted by Gasteiger charge is 2.48. The molecule has 1 N–H and O–H groups in total. The molecule has 4 rings (SSSR count). The fraction of sp³-hybridized carbons (Fsp3) is 0.192. The minimum absolute atomic E-state index is 0.0204. The maximum Gasteiger partial charge on any atom is 0.350 e. The number of benzene rings is 1. The number of thiazole rings is 1. The first-order valence-corrected chi connectivity index (χ1v) is 11.9. The molecule has 1 aliphatic rings. The number of hydrogen-bond donors (Lipinski definition) is 1. The van der Waals surface area contributed by atoms with Crippen LogP contribution in [0, 0.1) is 6.92 Å². The molecule has 1 atom stereocenters. The molecule has 0 spiro atoms. The van der Waals surface area contributed by atoms with Gasteiger partial charge >= 0.3 is 11.9 Å². The molecule has 0 bridgehead atoms. The van der Waals surface area contributed by atoms with Crippen LogP contribution < -0.4 is 9.64 Å². The fourth-order valence-corrected chi connectivity index (χ4v) is 4.80. The zero-order valence-corrected chi connectivity index (χ0v) is 20.4. The van der Waals surface area contributed by atoms with Crippen molar-refractivity contribution in [1.82, 2.24) is 9.97 Å². The van der Waals surface area contributed by atoms with E-state index in [4.69, 9.17) is 9.47 Å². The summed E-state index contributed by atoms with van der Waals surface area (Å²) in [4.78, 5) is 48.9. The third-order valence-electron chi connectivity index (χ3n) is 5.37. The van der Waals surface area contributed by atoms with Crippen LogP contribution in [0.4, 0.5) is 5.13 Å². The van der Waals surface area contributed by atoms with Gasteiger partial charge < -0.3 is 14.6 Å². The lowest BCUT2D eigenvalue weighted by atomic mass is 9.96. The Hall–Kier alpha value is -4.31. The van der Waals surface area contributed by atoms with Crippen molar-refractivity contribution < 1.29 is 29.0 Å². The summed E-state index contributed by atoms with van der Waals surface area (Å²) < 4.78 is 10.6. The summed E-state index contributed by atoms with van der Waals surface area (Å²) in [6, 6.07) is 8.96. The van der Waals surface area contributed by atoms with E-state index >= 15 is 0 Å². The number of ketones is 1. The number of aliphatic hydroxyl groups excluding tert-OH is 1. The highest BCUT2D eigenvalue weighted by atomic mass is 32.1. The van der Waals surface area contributed by atoms with Crippen LogP contribution in [0.2, 0.25) is 0 Å². The molecule has 1 saturated heterocycles. The van der Waals surface area contributed by atoms with E-state index in [2.05, 4.69) is 16.5 Å². The van der Waals surface area contributed by atoms with Gasteiger partial charge in [-0.1, -0.05) is 42.2 Å². The largest absolute Gasteiger partial charge is 0.507 e. The number of anilines is 1. The van der Waals surface area contributed by atoms with E-state index in [9.17, 15) is 19.5 Å². The topological polar surface area (TPSA) is 119 Å². The summed E-state index contributed by atoms with van der Waals surface area (Å²) >= 11 is 0.926. The van der Waals surface area contributed by atoms with E-state index in [1.165, 1.54) is 17.2 Å². The van der Waals surface area contributed by atoms with E-state index in [0.29, 0.717) is 29.2 Å². The number of hydrogen-bond acceptors (Lipinski definition) is 9. The fourth-order valence-electron chi connectivity index (χ4n) is 3.81. The van der Waals surface area contributed by atoms with Gasteiger partial charge in [0.1, 0.15) is 23.0 Å². The molecule has 1 aromatic carbocycles. The van der Waals surface area contributed by atoms with Gasteiger partial charge in [0, 0.05) is 18.0 Å². The van der Waals surface area contributed by atoms with E-state index in [0.717, 1.165) is 11.3 Å². The third-order valence-corrected chi connectivity index (χ3v) is 6.51.